The molecule has 0 aromatic carbocycles. The number of alkyl halides is 2. The van der Waals surface area contributed by atoms with E-state index in [0.717, 1.165) is 39.3 Å². The van der Waals surface area contributed by atoms with E-state index in [-0.39, 0.29) is 6.10 Å². The summed E-state index contributed by atoms with van der Waals surface area (Å²) in [5.41, 5.74) is 0. The van der Waals surface area contributed by atoms with Crippen molar-refractivity contribution in [2.45, 2.75) is 63.5 Å². The molecule has 2 aliphatic rings. The van der Waals surface area contributed by atoms with Crippen LogP contribution in [0.15, 0.2) is 0 Å². The minimum atomic E-state index is -2.70. The van der Waals surface area contributed by atoms with Crippen LogP contribution in [0.2, 0.25) is 0 Å². The Labute approximate surface area is 102 Å². The fourth-order valence-electron chi connectivity index (χ4n) is 3.02. The molecule has 2 nitrogen and oxygen atoms in total. The molecule has 0 amide bonds. The van der Waals surface area contributed by atoms with Crippen LogP contribution in [0.3, 0.4) is 0 Å². The van der Waals surface area contributed by atoms with Crippen molar-refractivity contribution in [2.24, 2.45) is 0 Å². The van der Waals surface area contributed by atoms with E-state index in [2.05, 4.69) is 4.90 Å². The molecule has 0 N–H and O–H groups in total. The van der Waals surface area contributed by atoms with Crippen molar-refractivity contribution in [1.29, 1.82) is 0 Å². The van der Waals surface area contributed by atoms with Gasteiger partial charge in [0.2, 0.25) is 0 Å². The second-order valence-corrected chi connectivity index (χ2v) is 5.51. The maximum atomic E-state index is 12.8. The quantitative estimate of drug-likeness (QED) is 0.757. The van der Waals surface area contributed by atoms with Crippen molar-refractivity contribution < 1.29 is 13.5 Å². The maximum Gasteiger partial charge on any atom is 0.268 e. The fraction of sp³-hybridized carbons (Fsp3) is 1.00. The van der Waals surface area contributed by atoms with Gasteiger partial charge in [-0.2, -0.15) is 0 Å². The summed E-state index contributed by atoms with van der Waals surface area (Å²) in [5, 5.41) is 0. The Hall–Kier alpha value is -0.220. The third-order valence-electron chi connectivity index (χ3n) is 3.83. The Morgan fingerprint density at radius 3 is 2.41 bits per heavy atom. The van der Waals surface area contributed by atoms with Gasteiger partial charge in [0, 0.05) is 13.0 Å². The number of nitrogens with zero attached hydrogens (tertiary/aromatic N) is 1. The van der Waals surface area contributed by atoms with Crippen molar-refractivity contribution in [3.63, 3.8) is 0 Å². The first kappa shape index (κ1) is 13.2. The molecular weight excluding hydrogens is 224 g/mol. The molecule has 2 fully saturated rings. The largest absolute Gasteiger partial charge is 0.370 e. The van der Waals surface area contributed by atoms with Gasteiger partial charge in [0.05, 0.1) is 6.10 Å². The number of likely N-dealkylation sites (tertiary alicyclic amines) is 1. The molecule has 1 saturated heterocycles. The lowest BCUT2D eigenvalue weighted by atomic mass is 9.91. The molecule has 4 heteroatoms. The molecule has 1 saturated carbocycles. The third-order valence-corrected chi connectivity index (χ3v) is 3.83. The summed E-state index contributed by atoms with van der Waals surface area (Å²) in [4.78, 5) is 2.44. The predicted molar refractivity (Wildman–Crippen MR) is 63.4 cm³/mol. The average molecular weight is 247 g/mol. The molecule has 1 aliphatic carbocycles. The molecular formula is C13H23F2NO. The predicted octanol–water partition coefficient (Wildman–Crippen LogP) is 3.07. The van der Waals surface area contributed by atoms with Crippen LogP contribution >= 0.6 is 0 Å². The van der Waals surface area contributed by atoms with Crippen molar-refractivity contribution in [3.8, 4) is 0 Å². The van der Waals surface area contributed by atoms with E-state index in [1.807, 2.05) is 0 Å². The number of hydrogen-bond acceptors (Lipinski definition) is 2. The van der Waals surface area contributed by atoms with Crippen LogP contribution in [-0.2, 0) is 4.74 Å². The molecule has 0 radical (unpaired) electrons. The Morgan fingerprint density at radius 2 is 1.76 bits per heavy atom. The van der Waals surface area contributed by atoms with Crippen LogP contribution in [0.5, 0.6) is 0 Å². The third kappa shape index (κ3) is 3.88. The molecule has 1 aliphatic heterocycles. The van der Waals surface area contributed by atoms with E-state index >= 15 is 0 Å². The molecule has 2 atom stereocenters. The number of halogens is 2. The Balaban J connectivity index is 1.87. The van der Waals surface area contributed by atoms with Crippen LogP contribution in [0.4, 0.5) is 8.78 Å². The molecule has 0 aromatic rings. The summed E-state index contributed by atoms with van der Waals surface area (Å²) >= 11 is 0. The van der Waals surface area contributed by atoms with Gasteiger partial charge in [0.25, 0.3) is 5.92 Å². The summed E-state index contributed by atoms with van der Waals surface area (Å²) < 4.78 is 31.2. The minimum Gasteiger partial charge on any atom is -0.370 e. The van der Waals surface area contributed by atoms with Crippen molar-refractivity contribution in [3.05, 3.63) is 0 Å². The summed E-state index contributed by atoms with van der Waals surface area (Å²) in [7, 11) is 0. The first-order valence-electron chi connectivity index (χ1n) is 6.80. The van der Waals surface area contributed by atoms with E-state index < -0.39 is 12.5 Å². The lowest BCUT2D eigenvalue weighted by Crippen LogP contribution is -2.46. The van der Waals surface area contributed by atoms with Gasteiger partial charge >= 0.3 is 0 Å². The van der Waals surface area contributed by atoms with E-state index in [1.165, 1.54) is 19.3 Å². The van der Waals surface area contributed by atoms with Crippen molar-refractivity contribution in [2.75, 3.05) is 19.7 Å². The van der Waals surface area contributed by atoms with Gasteiger partial charge in [0.15, 0.2) is 0 Å². The van der Waals surface area contributed by atoms with Crippen LogP contribution in [0.1, 0.15) is 45.4 Å². The van der Waals surface area contributed by atoms with Gasteiger partial charge in [-0.1, -0.05) is 12.8 Å². The summed E-state index contributed by atoms with van der Waals surface area (Å²) in [6.45, 7) is 2.74. The van der Waals surface area contributed by atoms with Crippen LogP contribution in [0, 0.1) is 0 Å². The first-order chi connectivity index (χ1) is 8.06. The van der Waals surface area contributed by atoms with Gasteiger partial charge in [-0.25, -0.2) is 8.78 Å². The Kier molecular flexibility index (Phi) is 4.36. The monoisotopic (exact) mass is 247 g/mol. The molecule has 17 heavy (non-hydrogen) atoms. The van der Waals surface area contributed by atoms with E-state index in [9.17, 15) is 8.78 Å². The second-order valence-electron chi connectivity index (χ2n) is 5.51. The highest BCUT2D eigenvalue weighted by Gasteiger charge is 2.34. The maximum absolute atomic E-state index is 12.8. The summed E-state index contributed by atoms with van der Waals surface area (Å²) in [6, 6.07) is 0.383. The summed E-state index contributed by atoms with van der Waals surface area (Å²) in [6.07, 6.45) is 6.89. The van der Waals surface area contributed by atoms with E-state index in [1.54, 1.807) is 0 Å². The molecule has 2 unspecified atom stereocenters. The first-order valence-corrected chi connectivity index (χ1v) is 6.80. The molecule has 2 rings (SSSR count). The highest BCUT2D eigenvalue weighted by atomic mass is 19.3. The normalized spacial score (nSPS) is 31.9. The minimum absolute atomic E-state index is 0.0210. The van der Waals surface area contributed by atoms with Crippen LogP contribution in [-0.4, -0.2) is 42.7 Å². The van der Waals surface area contributed by atoms with Crippen LogP contribution in [0.25, 0.3) is 0 Å². The highest BCUT2D eigenvalue weighted by molar-refractivity contribution is 4.86. The molecule has 0 aromatic heterocycles. The Bertz CT molecular complexity index is 236. The van der Waals surface area contributed by atoms with Gasteiger partial charge < -0.3 is 4.74 Å². The average Bonchev–Trinajstić information content (AvgIpc) is 2.79. The molecule has 100 valence electrons. The second kappa shape index (κ2) is 5.61. The highest BCUT2D eigenvalue weighted by Crippen LogP contribution is 2.29. The van der Waals surface area contributed by atoms with E-state index in [0.29, 0.717) is 6.04 Å². The number of rotatable bonds is 4. The van der Waals surface area contributed by atoms with Crippen molar-refractivity contribution >= 4 is 0 Å². The molecule has 0 bridgehead atoms. The zero-order chi connectivity index (χ0) is 12.3. The fourth-order valence-corrected chi connectivity index (χ4v) is 3.02. The summed E-state index contributed by atoms with van der Waals surface area (Å²) in [5.74, 6) is -2.70. The lowest BCUT2D eigenvalue weighted by Gasteiger charge is -2.38. The van der Waals surface area contributed by atoms with Gasteiger partial charge in [-0.15, -0.1) is 0 Å². The zero-order valence-corrected chi connectivity index (χ0v) is 10.6. The smallest absolute Gasteiger partial charge is 0.268 e. The van der Waals surface area contributed by atoms with Crippen LogP contribution < -0.4 is 0 Å². The van der Waals surface area contributed by atoms with Crippen molar-refractivity contribution in [1.82, 2.24) is 4.90 Å². The number of hydrogen-bond donors (Lipinski definition) is 0. The number of ether oxygens (including phenoxy) is 1. The van der Waals surface area contributed by atoms with Gasteiger partial charge in [-0.3, -0.25) is 4.90 Å². The SMILES string of the molecule is CC(F)(F)COC1CCCCC1N1CCCC1. The molecule has 1 heterocycles. The standard InChI is InChI=1S/C13H23F2NO/c1-13(14,15)10-17-12-7-3-2-6-11(12)16-8-4-5-9-16/h11-12H,2-10H2,1H3. The zero-order valence-electron chi connectivity index (χ0n) is 10.6. The van der Waals surface area contributed by atoms with E-state index in [4.69, 9.17) is 4.74 Å². The molecule has 0 spiro atoms. The van der Waals surface area contributed by atoms with Gasteiger partial charge in [0.1, 0.15) is 6.61 Å². The lowest BCUT2D eigenvalue weighted by molar-refractivity contribution is -0.113. The topological polar surface area (TPSA) is 12.5 Å². The Morgan fingerprint density at radius 1 is 1.12 bits per heavy atom. The van der Waals surface area contributed by atoms with Gasteiger partial charge in [-0.05, 0) is 38.8 Å².